The van der Waals surface area contributed by atoms with Crippen LogP contribution in [0.2, 0.25) is 0 Å². The maximum absolute atomic E-state index is 5.34. The molecule has 21 heavy (non-hydrogen) atoms. The van der Waals surface area contributed by atoms with E-state index in [0.29, 0.717) is 13.1 Å². The minimum Gasteiger partial charge on any atom is -0.370 e. The molecule has 0 saturated heterocycles. The summed E-state index contributed by atoms with van der Waals surface area (Å²) in [5.41, 5.74) is 21.4. The Morgan fingerprint density at radius 3 is 1.71 bits per heavy atom. The van der Waals surface area contributed by atoms with Crippen LogP contribution in [0.25, 0.3) is 0 Å². The number of guanidine groups is 2. The number of nitrogens with two attached hydrogens (primary N) is 4. The lowest BCUT2D eigenvalue weighted by Gasteiger charge is -2.17. The highest BCUT2D eigenvalue weighted by atomic mass is 31.1. The van der Waals surface area contributed by atoms with E-state index in [0.717, 1.165) is 25.2 Å². The van der Waals surface area contributed by atoms with Gasteiger partial charge in [0.2, 0.25) is 0 Å². The van der Waals surface area contributed by atoms with Crippen LogP contribution in [-0.2, 0) is 0 Å². The van der Waals surface area contributed by atoms with Gasteiger partial charge in [0.05, 0.1) is 0 Å². The van der Waals surface area contributed by atoms with Crippen molar-refractivity contribution in [1.29, 1.82) is 0 Å². The predicted molar refractivity (Wildman–Crippen MR) is 93.3 cm³/mol. The number of hydrogen-bond acceptors (Lipinski definition) is 2. The number of rotatable bonds is 9. The standard InChI is InChI=1S/C14H25N6P/c15-13(16)19-8-4-10-21(11-5-9-20-14(17)18)12-6-2-1-3-7-12/h1-3,6-7H,4-5,8-11H2,(H4,15,16,19)(H4,17,18,20). The van der Waals surface area contributed by atoms with Crippen molar-refractivity contribution in [3.8, 4) is 0 Å². The molecule has 0 saturated carbocycles. The van der Waals surface area contributed by atoms with Crippen LogP contribution in [0.4, 0.5) is 0 Å². The summed E-state index contributed by atoms with van der Waals surface area (Å²) in [4.78, 5) is 8.08. The molecule has 6 nitrogen and oxygen atoms in total. The Balaban J connectivity index is 2.50. The molecule has 0 radical (unpaired) electrons. The van der Waals surface area contributed by atoms with Crippen molar-refractivity contribution in [3.05, 3.63) is 30.3 Å². The first kappa shape index (κ1) is 17.2. The van der Waals surface area contributed by atoms with Crippen LogP contribution in [0.1, 0.15) is 12.8 Å². The van der Waals surface area contributed by atoms with E-state index >= 15 is 0 Å². The van der Waals surface area contributed by atoms with Gasteiger partial charge < -0.3 is 22.9 Å². The van der Waals surface area contributed by atoms with Gasteiger partial charge in [-0.25, -0.2) is 0 Å². The quantitative estimate of drug-likeness (QED) is 0.223. The molecule has 0 spiro atoms. The fourth-order valence-corrected chi connectivity index (χ4v) is 4.33. The third-order valence-electron chi connectivity index (χ3n) is 2.88. The van der Waals surface area contributed by atoms with Crippen molar-refractivity contribution in [3.63, 3.8) is 0 Å². The molecule has 7 heteroatoms. The van der Waals surface area contributed by atoms with E-state index in [-0.39, 0.29) is 19.8 Å². The molecule has 1 aromatic carbocycles. The molecule has 0 amide bonds. The molecule has 1 rings (SSSR count). The highest BCUT2D eigenvalue weighted by molar-refractivity contribution is 7.65. The van der Waals surface area contributed by atoms with Gasteiger partial charge in [-0.2, -0.15) is 0 Å². The van der Waals surface area contributed by atoms with Gasteiger partial charge in [-0.05, 0) is 30.5 Å². The Bertz CT molecular complexity index is 428. The largest absolute Gasteiger partial charge is 0.370 e. The van der Waals surface area contributed by atoms with Crippen LogP contribution >= 0.6 is 7.92 Å². The van der Waals surface area contributed by atoms with E-state index in [1.54, 1.807) is 0 Å². The first-order chi connectivity index (χ1) is 10.1. The summed E-state index contributed by atoms with van der Waals surface area (Å²) in [5, 5.41) is 1.40. The Kier molecular flexibility index (Phi) is 8.21. The van der Waals surface area contributed by atoms with Crippen molar-refractivity contribution in [1.82, 2.24) is 0 Å². The fraction of sp³-hybridized carbons (Fsp3) is 0.429. The summed E-state index contributed by atoms with van der Waals surface area (Å²) in [5.74, 6) is 0.318. The van der Waals surface area contributed by atoms with Crippen LogP contribution in [0.15, 0.2) is 40.3 Å². The summed E-state index contributed by atoms with van der Waals surface area (Å²) in [6, 6.07) is 10.6. The maximum Gasteiger partial charge on any atom is 0.185 e. The molecule has 0 fully saturated rings. The van der Waals surface area contributed by atoms with Crippen molar-refractivity contribution in [2.45, 2.75) is 12.8 Å². The molecule has 0 unspecified atom stereocenters. The first-order valence-electron chi connectivity index (χ1n) is 7.00. The second-order valence-electron chi connectivity index (χ2n) is 4.64. The Hall–Kier alpha value is -1.81. The summed E-state index contributed by atoms with van der Waals surface area (Å²) < 4.78 is 0. The second-order valence-corrected chi connectivity index (χ2v) is 7.13. The summed E-state index contributed by atoms with van der Waals surface area (Å²) in [6.45, 7) is 1.36. The minimum absolute atomic E-state index is 0.159. The van der Waals surface area contributed by atoms with Gasteiger partial charge in [-0.3, -0.25) is 9.98 Å². The van der Waals surface area contributed by atoms with Crippen molar-refractivity contribution < 1.29 is 0 Å². The zero-order chi connectivity index (χ0) is 15.5. The van der Waals surface area contributed by atoms with Crippen LogP contribution in [0, 0.1) is 0 Å². The lowest BCUT2D eigenvalue weighted by Crippen LogP contribution is -2.23. The number of benzene rings is 1. The molecule has 0 atom stereocenters. The van der Waals surface area contributed by atoms with Crippen molar-refractivity contribution in [2.75, 3.05) is 25.4 Å². The Morgan fingerprint density at radius 2 is 1.29 bits per heavy atom. The van der Waals surface area contributed by atoms with E-state index in [4.69, 9.17) is 22.9 Å². The van der Waals surface area contributed by atoms with Crippen molar-refractivity contribution >= 4 is 25.1 Å². The van der Waals surface area contributed by atoms with Crippen LogP contribution in [-0.4, -0.2) is 37.3 Å². The average molecular weight is 308 g/mol. The molecule has 0 aliphatic rings. The molecule has 0 aliphatic heterocycles. The van der Waals surface area contributed by atoms with E-state index in [1.165, 1.54) is 5.30 Å². The summed E-state index contributed by atoms with van der Waals surface area (Å²) in [7, 11) is -0.219. The van der Waals surface area contributed by atoms with Gasteiger partial charge in [0.1, 0.15) is 0 Å². The van der Waals surface area contributed by atoms with E-state index < -0.39 is 0 Å². The molecule has 0 bridgehead atoms. The minimum atomic E-state index is -0.219. The highest BCUT2D eigenvalue weighted by Gasteiger charge is 2.09. The monoisotopic (exact) mass is 308 g/mol. The van der Waals surface area contributed by atoms with E-state index in [2.05, 4.69) is 34.3 Å². The van der Waals surface area contributed by atoms with Gasteiger partial charge in [0.15, 0.2) is 11.9 Å². The Morgan fingerprint density at radius 1 is 0.810 bits per heavy atom. The third kappa shape index (κ3) is 8.15. The molecule has 0 heterocycles. The van der Waals surface area contributed by atoms with Crippen LogP contribution in [0.5, 0.6) is 0 Å². The van der Waals surface area contributed by atoms with Gasteiger partial charge in [-0.1, -0.05) is 38.3 Å². The van der Waals surface area contributed by atoms with Gasteiger partial charge >= 0.3 is 0 Å². The zero-order valence-corrected chi connectivity index (χ0v) is 13.2. The third-order valence-corrected chi connectivity index (χ3v) is 5.62. The topological polar surface area (TPSA) is 129 Å². The fourth-order valence-electron chi connectivity index (χ4n) is 1.95. The SMILES string of the molecule is NC(N)=NCCCP(CCCN=C(N)N)c1ccccc1. The summed E-state index contributed by atoms with van der Waals surface area (Å²) in [6.07, 6.45) is 4.19. The van der Waals surface area contributed by atoms with E-state index in [1.807, 2.05) is 6.07 Å². The molecule has 0 aromatic heterocycles. The highest BCUT2D eigenvalue weighted by Crippen LogP contribution is 2.35. The maximum atomic E-state index is 5.34. The van der Waals surface area contributed by atoms with Crippen LogP contribution in [0.3, 0.4) is 0 Å². The number of hydrogen-bond donors (Lipinski definition) is 4. The molecule has 116 valence electrons. The summed E-state index contributed by atoms with van der Waals surface area (Å²) >= 11 is 0. The predicted octanol–water partition coefficient (Wildman–Crippen LogP) is 0.121. The smallest absolute Gasteiger partial charge is 0.185 e. The normalized spacial score (nSPS) is 10.3. The van der Waals surface area contributed by atoms with Crippen molar-refractivity contribution in [2.24, 2.45) is 32.9 Å². The lowest BCUT2D eigenvalue weighted by atomic mass is 10.4. The first-order valence-corrected chi connectivity index (χ1v) is 8.71. The lowest BCUT2D eigenvalue weighted by molar-refractivity contribution is 0.912. The molecule has 0 aliphatic carbocycles. The van der Waals surface area contributed by atoms with Gasteiger partial charge in [0.25, 0.3) is 0 Å². The Labute approximate surface area is 127 Å². The molecule has 8 N–H and O–H groups in total. The number of nitrogens with zero attached hydrogens (tertiary/aromatic N) is 2. The average Bonchev–Trinajstić information content (AvgIpc) is 2.46. The molecular weight excluding hydrogens is 283 g/mol. The van der Waals surface area contributed by atoms with Gasteiger partial charge in [0, 0.05) is 13.1 Å². The second kappa shape index (κ2) is 10.00. The zero-order valence-electron chi connectivity index (χ0n) is 12.3. The van der Waals surface area contributed by atoms with Crippen LogP contribution < -0.4 is 28.2 Å². The van der Waals surface area contributed by atoms with E-state index in [9.17, 15) is 0 Å². The van der Waals surface area contributed by atoms with Gasteiger partial charge in [-0.15, -0.1) is 0 Å². The molecular formula is C14H25N6P. The number of aliphatic imine (C=N–C) groups is 2. The molecule has 1 aromatic rings.